The molecule has 4 heterocycles. The molecule has 0 unspecified atom stereocenters. The second-order valence-electron chi connectivity index (χ2n) is 16.1. The van der Waals surface area contributed by atoms with Crippen LogP contribution in [0.15, 0.2) is 30.3 Å². The average molecular weight is 807 g/mol. The van der Waals surface area contributed by atoms with Crippen LogP contribution in [0.5, 0.6) is 0 Å². The minimum atomic E-state index is -1.24. The van der Waals surface area contributed by atoms with Gasteiger partial charge in [0.05, 0.1) is 25.9 Å². The Kier molecular flexibility index (Phi) is 17.6. The van der Waals surface area contributed by atoms with E-state index >= 15 is 0 Å². The van der Waals surface area contributed by atoms with E-state index in [9.17, 15) is 14.4 Å². The maximum Gasteiger partial charge on any atom is 0.305 e. The minimum Gasteiger partial charge on any atom is -0.469 e. The van der Waals surface area contributed by atoms with Gasteiger partial charge in [-0.15, -0.1) is 0 Å². The highest BCUT2D eigenvalue weighted by atomic mass is 16.8. The summed E-state index contributed by atoms with van der Waals surface area (Å²) in [6.45, 7) is 10.5. The molecular weight excluding hydrogens is 740 g/mol. The van der Waals surface area contributed by atoms with E-state index in [1.807, 2.05) is 51.1 Å². The zero-order valence-corrected chi connectivity index (χ0v) is 34.9. The van der Waals surface area contributed by atoms with Gasteiger partial charge in [-0.1, -0.05) is 95.0 Å². The Balaban J connectivity index is 1.32. The van der Waals surface area contributed by atoms with Gasteiger partial charge in [-0.05, 0) is 40.0 Å². The van der Waals surface area contributed by atoms with E-state index in [-0.39, 0.29) is 24.8 Å². The van der Waals surface area contributed by atoms with Crippen LogP contribution in [0.2, 0.25) is 0 Å². The van der Waals surface area contributed by atoms with Crippen LogP contribution in [0.25, 0.3) is 0 Å². The molecule has 4 fully saturated rings. The first kappa shape index (κ1) is 45.4. The van der Waals surface area contributed by atoms with E-state index in [4.69, 9.17) is 52.1 Å². The lowest BCUT2D eigenvalue weighted by Crippen LogP contribution is -2.66. The van der Waals surface area contributed by atoms with E-state index < -0.39 is 79.3 Å². The summed E-state index contributed by atoms with van der Waals surface area (Å²) in [4.78, 5) is 36.7. The van der Waals surface area contributed by atoms with Gasteiger partial charge < -0.3 is 52.1 Å². The summed E-state index contributed by atoms with van der Waals surface area (Å²) in [7, 11) is 1.43. The Morgan fingerprint density at radius 1 is 0.754 bits per heavy atom. The number of carbonyl (C=O) groups excluding carboxylic acids is 3. The summed E-state index contributed by atoms with van der Waals surface area (Å²) >= 11 is 0. The number of ether oxygens (including phenoxy) is 11. The highest BCUT2D eigenvalue weighted by Gasteiger charge is 2.59. The highest BCUT2D eigenvalue weighted by Crippen LogP contribution is 2.42. The molecule has 0 radical (unpaired) electrons. The number of fused-ring (bicyclic) bond motifs is 2. The lowest BCUT2D eigenvalue weighted by atomic mass is 9.96. The highest BCUT2D eigenvalue weighted by molar-refractivity contribution is 5.69. The molecule has 322 valence electrons. The molecular formula is C43H66O14. The van der Waals surface area contributed by atoms with Crippen LogP contribution < -0.4 is 0 Å². The molecule has 0 spiro atoms. The van der Waals surface area contributed by atoms with Crippen molar-refractivity contribution in [3.05, 3.63) is 35.9 Å². The van der Waals surface area contributed by atoms with E-state index in [1.54, 1.807) is 0 Å². The fourth-order valence-corrected chi connectivity index (χ4v) is 8.16. The second-order valence-corrected chi connectivity index (χ2v) is 16.1. The summed E-state index contributed by atoms with van der Waals surface area (Å²) in [5.74, 6) is -2.28. The smallest absolute Gasteiger partial charge is 0.305 e. The molecule has 4 aliphatic heterocycles. The number of carbonyl (C=O) groups is 3. The van der Waals surface area contributed by atoms with Crippen LogP contribution in [-0.4, -0.2) is 105 Å². The molecule has 0 amide bonds. The van der Waals surface area contributed by atoms with Gasteiger partial charge in [0, 0.05) is 25.8 Å². The zero-order valence-electron chi connectivity index (χ0n) is 34.9. The van der Waals surface area contributed by atoms with Gasteiger partial charge in [-0.2, -0.15) is 0 Å². The van der Waals surface area contributed by atoms with Gasteiger partial charge in [-0.25, -0.2) is 0 Å². The topological polar surface area (TPSA) is 153 Å². The van der Waals surface area contributed by atoms with Gasteiger partial charge in [0.25, 0.3) is 0 Å². The molecule has 0 aromatic heterocycles. The molecule has 4 saturated heterocycles. The Morgan fingerprint density at radius 3 is 2.05 bits per heavy atom. The molecule has 5 rings (SSSR count). The normalized spacial score (nSPS) is 32.4. The maximum atomic E-state index is 12.7. The standard InChI is InChI=1S/C43H66O14/c1-8-9-16-23-31(24-19-13-11-10-12-14-20-25-33(46)47-7)52-41-39(37-34(27(2)49-41)56-43(5,6)57-37)55-42-38(51-29(4)45)36(50-28(3)44)35-32(53-42)26-48-40(54-35)30-21-17-15-18-22-30/h15,17-18,21-22,27,31-32,34-42H,8-14,16,19-20,23-26H2,1-7H3/t27-,31+,32-,34+,35-,36+,37+,38-,39-,40-,41+,42+/m1/s1. The summed E-state index contributed by atoms with van der Waals surface area (Å²) < 4.78 is 68.6. The minimum absolute atomic E-state index is 0.0957. The number of unbranched alkanes of at least 4 members (excludes halogenated alkanes) is 8. The van der Waals surface area contributed by atoms with Crippen LogP contribution in [0, 0.1) is 0 Å². The third-order valence-electron chi connectivity index (χ3n) is 10.9. The number of hydrogen-bond donors (Lipinski definition) is 0. The molecule has 4 aliphatic rings. The van der Waals surface area contributed by atoms with Crippen LogP contribution in [0.1, 0.15) is 137 Å². The Morgan fingerprint density at radius 2 is 1.39 bits per heavy atom. The Bertz CT molecular complexity index is 1390. The average Bonchev–Trinajstić information content (AvgIpc) is 3.52. The first-order valence-corrected chi connectivity index (χ1v) is 21.1. The third-order valence-corrected chi connectivity index (χ3v) is 10.9. The SMILES string of the molecule is CCCCC[C@@H](CCCCCCCCCC(=O)OC)O[C@@H]1O[C@H](C)[C@@H]2OC(C)(C)O[C@@H]2[C@H]1O[C@@H]1O[C@@H]2CO[C@@H](c3ccccc3)O[C@H]2[C@H](OC(C)=O)[C@H]1OC(C)=O. The van der Waals surface area contributed by atoms with Crippen molar-refractivity contribution in [2.24, 2.45) is 0 Å². The largest absolute Gasteiger partial charge is 0.469 e. The van der Waals surface area contributed by atoms with Gasteiger partial charge >= 0.3 is 17.9 Å². The van der Waals surface area contributed by atoms with Crippen molar-refractivity contribution in [2.75, 3.05) is 13.7 Å². The van der Waals surface area contributed by atoms with Crippen molar-refractivity contribution in [1.82, 2.24) is 0 Å². The van der Waals surface area contributed by atoms with Crippen molar-refractivity contribution in [2.45, 2.75) is 205 Å². The molecule has 1 aromatic rings. The van der Waals surface area contributed by atoms with Crippen molar-refractivity contribution in [3.8, 4) is 0 Å². The first-order chi connectivity index (χ1) is 27.4. The maximum absolute atomic E-state index is 12.7. The molecule has 12 atom stereocenters. The Hall–Kier alpha value is -2.69. The fraction of sp³-hybridized carbons (Fsp3) is 0.791. The number of hydrogen-bond acceptors (Lipinski definition) is 14. The van der Waals surface area contributed by atoms with Gasteiger partial charge in [-0.3, -0.25) is 14.4 Å². The number of benzene rings is 1. The van der Waals surface area contributed by atoms with Crippen molar-refractivity contribution in [3.63, 3.8) is 0 Å². The molecule has 14 nitrogen and oxygen atoms in total. The quantitative estimate of drug-likeness (QED) is 0.0713. The van der Waals surface area contributed by atoms with Crippen molar-refractivity contribution >= 4 is 17.9 Å². The van der Waals surface area contributed by atoms with Crippen molar-refractivity contribution < 1.29 is 66.5 Å². The number of rotatable bonds is 21. The van der Waals surface area contributed by atoms with Gasteiger partial charge in [0.1, 0.15) is 30.5 Å². The van der Waals surface area contributed by atoms with Crippen LogP contribution >= 0.6 is 0 Å². The van der Waals surface area contributed by atoms with E-state index in [2.05, 4.69) is 6.92 Å². The fourth-order valence-electron chi connectivity index (χ4n) is 8.16. The second kappa shape index (κ2) is 22.1. The number of methoxy groups -OCH3 is 1. The molecule has 0 saturated carbocycles. The van der Waals surface area contributed by atoms with Crippen LogP contribution in [-0.2, 0) is 66.5 Å². The summed E-state index contributed by atoms with van der Waals surface area (Å²) in [6, 6.07) is 9.41. The van der Waals surface area contributed by atoms with Crippen LogP contribution in [0.3, 0.4) is 0 Å². The predicted molar refractivity (Wildman–Crippen MR) is 205 cm³/mol. The monoisotopic (exact) mass is 806 g/mol. The molecule has 0 bridgehead atoms. The number of esters is 3. The summed E-state index contributed by atoms with van der Waals surface area (Å²) in [5, 5.41) is 0. The van der Waals surface area contributed by atoms with Crippen molar-refractivity contribution in [1.29, 1.82) is 0 Å². The third kappa shape index (κ3) is 13.2. The van der Waals surface area contributed by atoms with Gasteiger partial charge in [0.2, 0.25) is 0 Å². The summed E-state index contributed by atoms with van der Waals surface area (Å²) in [5.41, 5.74) is 0.779. The Labute approximate surface area is 338 Å². The lowest BCUT2D eigenvalue weighted by molar-refractivity contribution is -0.388. The van der Waals surface area contributed by atoms with E-state index in [0.717, 1.165) is 82.6 Å². The van der Waals surface area contributed by atoms with Gasteiger partial charge in [0.15, 0.2) is 36.9 Å². The first-order valence-electron chi connectivity index (χ1n) is 21.1. The van der Waals surface area contributed by atoms with Crippen LogP contribution in [0.4, 0.5) is 0 Å². The molecule has 14 heteroatoms. The molecule has 0 N–H and O–H groups in total. The molecule has 1 aromatic carbocycles. The lowest BCUT2D eigenvalue weighted by Gasteiger charge is -2.50. The predicted octanol–water partition coefficient (Wildman–Crippen LogP) is 6.99. The molecule has 57 heavy (non-hydrogen) atoms. The summed E-state index contributed by atoms with van der Waals surface area (Å²) in [6.07, 6.45) is 3.30. The van der Waals surface area contributed by atoms with E-state index in [1.165, 1.54) is 21.0 Å². The van der Waals surface area contributed by atoms with E-state index in [0.29, 0.717) is 6.42 Å². The molecule has 0 aliphatic carbocycles. The zero-order chi connectivity index (χ0) is 41.0.